The van der Waals surface area contributed by atoms with Gasteiger partial charge in [-0.2, -0.15) is 0 Å². The Kier molecular flexibility index (Phi) is 5.14. The van der Waals surface area contributed by atoms with Crippen molar-refractivity contribution in [1.82, 2.24) is 9.97 Å². The van der Waals surface area contributed by atoms with Crippen molar-refractivity contribution in [3.8, 4) is 22.8 Å². The first kappa shape index (κ1) is 18.9. The molecule has 0 aliphatic heterocycles. The Bertz CT molecular complexity index is 1200. The van der Waals surface area contributed by atoms with E-state index in [-0.39, 0.29) is 5.91 Å². The molecule has 0 aliphatic rings. The van der Waals surface area contributed by atoms with E-state index in [1.807, 2.05) is 49.4 Å². The number of para-hydroxylation sites is 1. The van der Waals surface area contributed by atoms with Crippen molar-refractivity contribution in [1.29, 1.82) is 0 Å². The molecular weight excluding hydrogens is 386 g/mol. The predicted octanol–water partition coefficient (Wildman–Crippen LogP) is 4.94. The number of hydrogen-bond donors (Lipinski definition) is 1. The highest BCUT2D eigenvalue weighted by Crippen LogP contribution is 2.33. The minimum Gasteiger partial charge on any atom is -0.493 e. The van der Waals surface area contributed by atoms with E-state index >= 15 is 0 Å². The summed E-state index contributed by atoms with van der Waals surface area (Å²) in [6, 6.07) is 14.9. The van der Waals surface area contributed by atoms with E-state index in [0.29, 0.717) is 27.9 Å². The van der Waals surface area contributed by atoms with Gasteiger partial charge in [-0.1, -0.05) is 18.2 Å². The minimum absolute atomic E-state index is 0.223. The zero-order chi connectivity index (χ0) is 20.4. The lowest BCUT2D eigenvalue weighted by molar-refractivity contribution is 0.102. The summed E-state index contributed by atoms with van der Waals surface area (Å²) in [5.41, 5.74) is 2.77. The molecule has 146 valence electrons. The van der Waals surface area contributed by atoms with Crippen LogP contribution < -0.4 is 14.8 Å². The van der Waals surface area contributed by atoms with Gasteiger partial charge in [0.25, 0.3) is 5.91 Å². The number of fused-ring (bicyclic) bond motifs is 1. The summed E-state index contributed by atoms with van der Waals surface area (Å²) in [5, 5.41) is 4.24. The number of aromatic nitrogens is 2. The number of nitrogens with one attached hydrogen (secondary N) is 1. The number of methoxy groups -OCH3 is 2. The smallest absolute Gasteiger partial charge is 0.258 e. The van der Waals surface area contributed by atoms with Gasteiger partial charge in [0.15, 0.2) is 16.6 Å². The van der Waals surface area contributed by atoms with Crippen LogP contribution in [-0.2, 0) is 0 Å². The predicted molar refractivity (Wildman–Crippen MR) is 115 cm³/mol. The number of carbonyl (C=O) groups is 1. The fourth-order valence-electron chi connectivity index (χ4n) is 3.08. The van der Waals surface area contributed by atoms with Crippen molar-refractivity contribution in [2.45, 2.75) is 6.92 Å². The van der Waals surface area contributed by atoms with Gasteiger partial charge in [-0.3, -0.25) is 10.1 Å². The summed E-state index contributed by atoms with van der Waals surface area (Å²) < 4.78 is 10.7. The first-order chi connectivity index (χ1) is 14.1. The van der Waals surface area contributed by atoms with Crippen molar-refractivity contribution in [3.63, 3.8) is 0 Å². The number of anilines is 1. The van der Waals surface area contributed by atoms with Crippen molar-refractivity contribution in [2.24, 2.45) is 0 Å². The maximum absolute atomic E-state index is 13.0. The maximum Gasteiger partial charge on any atom is 0.258 e. The van der Waals surface area contributed by atoms with Crippen LogP contribution in [0.5, 0.6) is 11.5 Å². The highest BCUT2D eigenvalue weighted by molar-refractivity contribution is 7.15. The molecule has 1 amide bonds. The Morgan fingerprint density at radius 3 is 2.55 bits per heavy atom. The van der Waals surface area contributed by atoms with Crippen molar-refractivity contribution >= 4 is 33.3 Å². The van der Waals surface area contributed by atoms with Crippen LogP contribution in [0.15, 0.2) is 54.7 Å². The van der Waals surface area contributed by atoms with Crippen LogP contribution in [0.1, 0.15) is 15.2 Å². The third-order valence-corrected chi connectivity index (χ3v) is 5.31. The van der Waals surface area contributed by atoms with Gasteiger partial charge in [0.1, 0.15) is 0 Å². The Labute approximate surface area is 172 Å². The van der Waals surface area contributed by atoms with Crippen LogP contribution in [0.3, 0.4) is 0 Å². The molecular formula is C22H19N3O3S. The third-order valence-electron chi connectivity index (χ3n) is 4.48. The highest BCUT2D eigenvalue weighted by atomic mass is 32.1. The Balaban J connectivity index is 1.81. The zero-order valence-corrected chi connectivity index (χ0v) is 17.0. The van der Waals surface area contributed by atoms with E-state index in [4.69, 9.17) is 14.5 Å². The first-order valence-corrected chi connectivity index (χ1v) is 9.76. The largest absolute Gasteiger partial charge is 0.493 e. The van der Waals surface area contributed by atoms with E-state index < -0.39 is 0 Å². The van der Waals surface area contributed by atoms with Gasteiger partial charge in [0.05, 0.1) is 31.0 Å². The quantitative estimate of drug-likeness (QED) is 0.509. The zero-order valence-electron chi connectivity index (χ0n) is 16.2. The van der Waals surface area contributed by atoms with Crippen molar-refractivity contribution in [3.05, 3.63) is 65.2 Å². The standard InChI is InChI=1S/C22H19N3O3S/c1-13-12-23-22(29-13)25-21(26)16-11-18(24-17-7-5-4-6-15(16)17)14-8-9-19(27-2)20(10-14)28-3/h4-12H,1-3H3,(H,23,25,26). The van der Waals surface area contributed by atoms with E-state index in [0.717, 1.165) is 21.3 Å². The average molecular weight is 405 g/mol. The van der Waals surface area contributed by atoms with Gasteiger partial charge >= 0.3 is 0 Å². The monoisotopic (exact) mass is 405 g/mol. The van der Waals surface area contributed by atoms with Gasteiger partial charge in [0, 0.05) is 22.0 Å². The molecule has 6 nitrogen and oxygen atoms in total. The van der Waals surface area contributed by atoms with Crippen molar-refractivity contribution in [2.75, 3.05) is 19.5 Å². The number of hydrogen-bond acceptors (Lipinski definition) is 6. The van der Waals surface area contributed by atoms with E-state index in [2.05, 4.69) is 10.3 Å². The molecule has 4 aromatic rings. The lowest BCUT2D eigenvalue weighted by Crippen LogP contribution is -2.13. The fourth-order valence-corrected chi connectivity index (χ4v) is 3.74. The Hall–Kier alpha value is -3.45. The number of pyridine rings is 1. The van der Waals surface area contributed by atoms with Crippen LogP contribution in [0.2, 0.25) is 0 Å². The molecule has 0 atom stereocenters. The van der Waals surface area contributed by atoms with E-state index in [1.165, 1.54) is 11.3 Å². The lowest BCUT2D eigenvalue weighted by atomic mass is 10.0. The molecule has 7 heteroatoms. The molecule has 2 heterocycles. The summed E-state index contributed by atoms with van der Waals surface area (Å²) in [4.78, 5) is 23.0. The number of thiazole rings is 1. The molecule has 0 spiro atoms. The maximum atomic E-state index is 13.0. The minimum atomic E-state index is -0.223. The molecule has 0 radical (unpaired) electrons. The van der Waals surface area contributed by atoms with Crippen LogP contribution in [0.25, 0.3) is 22.2 Å². The van der Waals surface area contributed by atoms with Gasteiger partial charge in [-0.25, -0.2) is 9.97 Å². The van der Waals surface area contributed by atoms with Crippen molar-refractivity contribution < 1.29 is 14.3 Å². The van der Waals surface area contributed by atoms with E-state index in [9.17, 15) is 4.79 Å². The number of carbonyl (C=O) groups excluding carboxylic acids is 1. The lowest BCUT2D eigenvalue weighted by Gasteiger charge is -2.12. The SMILES string of the molecule is COc1ccc(-c2cc(C(=O)Nc3ncc(C)s3)c3ccccc3n2)cc1OC. The molecule has 0 fully saturated rings. The van der Waals surface area contributed by atoms with Crippen LogP contribution in [-0.4, -0.2) is 30.1 Å². The number of benzene rings is 2. The van der Waals surface area contributed by atoms with Crippen LogP contribution >= 0.6 is 11.3 Å². The molecule has 4 rings (SSSR count). The number of nitrogens with zero attached hydrogens (tertiary/aromatic N) is 2. The number of aryl methyl sites for hydroxylation is 1. The third kappa shape index (κ3) is 3.77. The van der Waals surface area contributed by atoms with Gasteiger partial charge in [-0.15, -0.1) is 11.3 Å². The molecule has 0 unspecified atom stereocenters. The fraction of sp³-hybridized carbons (Fsp3) is 0.136. The molecule has 0 bridgehead atoms. The molecule has 29 heavy (non-hydrogen) atoms. The van der Waals surface area contributed by atoms with Gasteiger partial charge in [0.2, 0.25) is 0 Å². The average Bonchev–Trinajstić information content (AvgIpc) is 3.16. The molecule has 0 saturated carbocycles. The summed E-state index contributed by atoms with van der Waals surface area (Å²) in [5.74, 6) is 1.01. The second-order valence-corrected chi connectivity index (χ2v) is 7.61. The molecule has 2 aromatic carbocycles. The first-order valence-electron chi connectivity index (χ1n) is 8.95. The highest BCUT2D eigenvalue weighted by Gasteiger charge is 2.16. The number of ether oxygens (including phenoxy) is 2. The Morgan fingerprint density at radius 1 is 1.03 bits per heavy atom. The topological polar surface area (TPSA) is 73.3 Å². The number of rotatable bonds is 5. The summed E-state index contributed by atoms with van der Waals surface area (Å²) >= 11 is 1.44. The number of amides is 1. The second-order valence-electron chi connectivity index (χ2n) is 6.37. The molecule has 0 saturated heterocycles. The molecule has 2 aromatic heterocycles. The summed E-state index contributed by atoms with van der Waals surface area (Å²) in [7, 11) is 3.18. The Morgan fingerprint density at radius 2 is 1.83 bits per heavy atom. The van der Waals surface area contributed by atoms with Gasteiger partial charge in [-0.05, 0) is 37.3 Å². The van der Waals surface area contributed by atoms with Gasteiger partial charge < -0.3 is 9.47 Å². The molecule has 0 aliphatic carbocycles. The second kappa shape index (κ2) is 7.89. The van der Waals surface area contributed by atoms with E-state index in [1.54, 1.807) is 26.5 Å². The normalized spacial score (nSPS) is 10.7. The van der Waals surface area contributed by atoms with Crippen LogP contribution in [0, 0.1) is 6.92 Å². The van der Waals surface area contributed by atoms with Crippen LogP contribution in [0.4, 0.5) is 5.13 Å². The molecule has 1 N–H and O–H groups in total. The summed E-state index contributed by atoms with van der Waals surface area (Å²) in [6.07, 6.45) is 1.74. The summed E-state index contributed by atoms with van der Waals surface area (Å²) in [6.45, 7) is 1.95.